The zero-order chi connectivity index (χ0) is 13.2. The molecule has 0 spiro atoms. The second-order valence-electron chi connectivity index (χ2n) is 4.71. The van der Waals surface area contributed by atoms with Gasteiger partial charge in [-0.25, -0.2) is 4.39 Å². The minimum absolute atomic E-state index is 0.0875. The van der Waals surface area contributed by atoms with E-state index < -0.39 is 11.4 Å². The molecule has 0 fully saturated rings. The van der Waals surface area contributed by atoms with Crippen LogP contribution in [0.15, 0.2) is 12.1 Å². The lowest BCUT2D eigenvalue weighted by Crippen LogP contribution is -2.19. The summed E-state index contributed by atoms with van der Waals surface area (Å²) in [6, 6.07) is 2.51. The summed E-state index contributed by atoms with van der Waals surface area (Å²) in [4.78, 5) is 0. The molecule has 0 amide bonds. The largest absolute Gasteiger partial charge is 0.493 e. The number of halogens is 1. The highest BCUT2D eigenvalue weighted by molar-refractivity contribution is 5.49. The molecule has 4 heteroatoms. The Kier molecular flexibility index (Phi) is 3.98. The Morgan fingerprint density at radius 3 is 2.29 bits per heavy atom. The summed E-state index contributed by atoms with van der Waals surface area (Å²) in [5, 5.41) is 10.0. The molecule has 0 aliphatic carbocycles. The zero-order valence-electron chi connectivity index (χ0n) is 10.9. The fourth-order valence-corrected chi connectivity index (χ4v) is 1.53. The molecule has 1 rings (SSSR count). The molecule has 3 nitrogen and oxygen atoms in total. The van der Waals surface area contributed by atoms with Crippen LogP contribution in [0.1, 0.15) is 33.3 Å². The highest BCUT2D eigenvalue weighted by Crippen LogP contribution is 2.38. The third-order valence-corrected chi connectivity index (χ3v) is 2.25. The average molecular weight is 242 g/mol. The van der Waals surface area contributed by atoms with Gasteiger partial charge in [0.2, 0.25) is 0 Å². The van der Waals surface area contributed by atoms with Gasteiger partial charge in [0, 0.05) is 11.6 Å². The molecule has 96 valence electrons. The highest BCUT2D eigenvalue weighted by atomic mass is 19.1. The number of ether oxygens (including phenoxy) is 2. The lowest BCUT2D eigenvalue weighted by molar-refractivity contribution is 0.0720. The number of benzene rings is 1. The lowest BCUT2D eigenvalue weighted by Gasteiger charge is -2.24. The second-order valence-corrected chi connectivity index (χ2v) is 4.71. The van der Waals surface area contributed by atoms with Gasteiger partial charge in [-0.1, -0.05) is 0 Å². The molecule has 0 atom stereocenters. The maximum atomic E-state index is 13.4. The first kappa shape index (κ1) is 13.8. The van der Waals surface area contributed by atoms with Crippen molar-refractivity contribution >= 4 is 0 Å². The van der Waals surface area contributed by atoms with Gasteiger partial charge >= 0.3 is 0 Å². The van der Waals surface area contributed by atoms with E-state index in [0.717, 1.165) is 0 Å². The monoisotopic (exact) mass is 242 g/mol. The number of hydrogen-bond donors (Lipinski definition) is 1. The minimum atomic E-state index is -1.19. The van der Waals surface area contributed by atoms with Crippen molar-refractivity contribution in [3.63, 3.8) is 0 Å². The molecule has 0 saturated heterocycles. The van der Waals surface area contributed by atoms with E-state index in [1.54, 1.807) is 13.8 Å². The van der Waals surface area contributed by atoms with Gasteiger partial charge in [-0.05, 0) is 33.8 Å². The SMILES string of the molecule is COc1cc(F)cc(C(C)(C)O)c1OC(C)C. The van der Waals surface area contributed by atoms with Crippen LogP contribution in [0.3, 0.4) is 0 Å². The number of methoxy groups -OCH3 is 1. The van der Waals surface area contributed by atoms with E-state index in [1.807, 2.05) is 13.8 Å². The van der Waals surface area contributed by atoms with Crippen molar-refractivity contribution in [2.45, 2.75) is 39.4 Å². The second kappa shape index (κ2) is 4.92. The number of hydrogen-bond acceptors (Lipinski definition) is 3. The van der Waals surface area contributed by atoms with E-state index in [0.29, 0.717) is 11.3 Å². The van der Waals surface area contributed by atoms with Crippen LogP contribution in [0.5, 0.6) is 11.5 Å². The molecule has 0 radical (unpaired) electrons. The molecule has 0 aromatic heterocycles. The van der Waals surface area contributed by atoms with Crippen molar-refractivity contribution in [2.24, 2.45) is 0 Å². The number of rotatable bonds is 4. The maximum absolute atomic E-state index is 13.4. The molecule has 0 saturated carbocycles. The molecular formula is C13H19FO3. The standard InChI is InChI=1S/C13H19FO3/c1-8(2)17-12-10(13(3,4)15)6-9(14)7-11(12)16-5/h6-8,15H,1-5H3. The van der Waals surface area contributed by atoms with Crippen molar-refractivity contribution in [1.29, 1.82) is 0 Å². The van der Waals surface area contributed by atoms with E-state index in [-0.39, 0.29) is 11.9 Å². The summed E-state index contributed by atoms with van der Waals surface area (Å²) in [6.07, 6.45) is -0.0875. The molecule has 17 heavy (non-hydrogen) atoms. The molecule has 0 aliphatic heterocycles. The van der Waals surface area contributed by atoms with Crippen LogP contribution in [0, 0.1) is 5.82 Å². The normalized spacial score (nSPS) is 11.8. The van der Waals surface area contributed by atoms with Crippen molar-refractivity contribution in [3.05, 3.63) is 23.5 Å². The van der Waals surface area contributed by atoms with Gasteiger partial charge in [-0.2, -0.15) is 0 Å². The number of aliphatic hydroxyl groups is 1. The van der Waals surface area contributed by atoms with Gasteiger partial charge in [-0.15, -0.1) is 0 Å². The van der Waals surface area contributed by atoms with Gasteiger partial charge in [-0.3, -0.25) is 0 Å². The van der Waals surface area contributed by atoms with E-state index >= 15 is 0 Å². The molecule has 0 unspecified atom stereocenters. The van der Waals surface area contributed by atoms with Crippen LogP contribution in [-0.4, -0.2) is 18.3 Å². The zero-order valence-corrected chi connectivity index (χ0v) is 10.9. The molecule has 1 aromatic rings. The predicted octanol–water partition coefficient (Wildman–Crippen LogP) is 2.85. The fourth-order valence-electron chi connectivity index (χ4n) is 1.53. The third-order valence-electron chi connectivity index (χ3n) is 2.25. The van der Waals surface area contributed by atoms with Crippen LogP contribution < -0.4 is 9.47 Å². The summed E-state index contributed by atoms with van der Waals surface area (Å²) < 4.78 is 24.1. The molecule has 0 bridgehead atoms. The third kappa shape index (κ3) is 3.33. The Hall–Kier alpha value is -1.29. The van der Waals surface area contributed by atoms with E-state index in [2.05, 4.69) is 0 Å². The quantitative estimate of drug-likeness (QED) is 0.882. The first-order valence-corrected chi connectivity index (χ1v) is 5.52. The van der Waals surface area contributed by atoms with Crippen molar-refractivity contribution in [3.8, 4) is 11.5 Å². The van der Waals surface area contributed by atoms with Crippen LogP contribution in [-0.2, 0) is 5.60 Å². The summed E-state index contributed by atoms with van der Waals surface area (Å²) in [5.41, 5.74) is -0.817. The Bertz CT molecular complexity index is 394. The lowest BCUT2D eigenvalue weighted by atomic mass is 9.96. The summed E-state index contributed by atoms with van der Waals surface area (Å²) in [7, 11) is 1.44. The van der Waals surface area contributed by atoms with Crippen molar-refractivity contribution in [1.82, 2.24) is 0 Å². The van der Waals surface area contributed by atoms with Crippen molar-refractivity contribution in [2.75, 3.05) is 7.11 Å². The molecule has 1 N–H and O–H groups in total. The Balaban J connectivity index is 3.39. The van der Waals surface area contributed by atoms with Crippen LogP contribution in [0.4, 0.5) is 4.39 Å². The first-order valence-electron chi connectivity index (χ1n) is 5.52. The van der Waals surface area contributed by atoms with Gasteiger partial charge < -0.3 is 14.6 Å². The Morgan fingerprint density at radius 1 is 1.29 bits per heavy atom. The first-order chi connectivity index (χ1) is 7.75. The molecule has 1 aromatic carbocycles. The van der Waals surface area contributed by atoms with Crippen molar-refractivity contribution < 1.29 is 19.0 Å². The van der Waals surface area contributed by atoms with E-state index in [1.165, 1.54) is 19.2 Å². The smallest absolute Gasteiger partial charge is 0.167 e. The summed E-state index contributed by atoms with van der Waals surface area (Å²) >= 11 is 0. The summed E-state index contributed by atoms with van der Waals surface area (Å²) in [5.74, 6) is 0.210. The maximum Gasteiger partial charge on any atom is 0.167 e. The summed E-state index contributed by atoms with van der Waals surface area (Å²) in [6.45, 7) is 6.87. The molecular weight excluding hydrogens is 223 g/mol. The molecule has 0 aliphatic rings. The predicted molar refractivity (Wildman–Crippen MR) is 64.0 cm³/mol. The minimum Gasteiger partial charge on any atom is -0.493 e. The fraction of sp³-hybridized carbons (Fsp3) is 0.538. The van der Waals surface area contributed by atoms with E-state index in [4.69, 9.17) is 9.47 Å². The van der Waals surface area contributed by atoms with Crippen LogP contribution >= 0.6 is 0 Å². The Labute approximate surface area is 101 Å². The van der Waals surface area contributed by atoms with Gasteiger partial charge in [0.05, 0.1) is 18.8 Å². The highest BCUT2D eigenvalue weighted by Gasteiger charge is 2.26. The average Bonchev–Trinajstić information content (AvgIpc) is 2.17. The molecule has 0 heterocycles. The van der Waals surface area contributed by atoms with Gasteiger partial charge in [0.1, 0.15) is 5.82 Å². The van der Waals surface area contributed by atoms with Gasteiger partial charge in [0.25, 0.3) is 0 Å². The van der Waals surface area contributed by atoms with Crippen LogP contribution in [0.2, 0.25) is 0 Å². The topological polar surface area (TPSA) is 38.7 Å². The van der Waals surface area contributed by atoms with E-state index in [9.17, 15) is 9.50 Å². The van der Waals surface area contributed by atoms with Gasteiger partial charge in [0.15, 0.2) is 11.5 Å². The van der Waals surface area contributed by atoms with Crippen LogP contribution in [0.25, 0.3) is 0 Å². The Morgan fingerprint density at radius 2 is 1.88 bits per heavy atom.